The smallest absolute Gasteiger partial charge is 0.00260 e. The van der Waals surface area contributed by atoms with Gasteiger partial charge in [-0.15, -0.1) is 0 Å². The van der Waals surface area contributed by atoms with Crippen LogP contribution < -0.4 is 5.32 Å². The van der Waals surface area contributed by atoms with Crippen LogP contribution in [0.15, 0.2) is 12.2 Å². The minimum atomic E-state index is 0.807. The van der Waals surface area contributed by atoms with Crippen LogP contribution in [0.3, 0.4) is 0 Å². The molecule has 0 aromatic carbocycles. The molecule has 0 spiro atoms. The van der Waals surface area contributed by atoms with E-state index in [9.17, 15) is 0 Å². The Bertz CT molecular complexity index is 86.7. The summed E-state index contributed by atoms with van der Waals surface area (Å²) in [6, 6.07) is 0. The third-order valence-corrected chi connectivity index (χ3v) is 1.61. The predicted molar refractivity (Wildman–Crippen MR) is 47.1 cm³/mol. The van der Waals surface area contributed by atoms with Gasteiger partial charge in [-0.25, -0.2) is 0 Å². The summed E-state index contributed by atoms with van der Waals surface area (Å²) in [6.07, 6.45) is 6.86. The van der Waals surface area contributed by atoms with Crippen molar-refractivity contribution in [3.05, 3.63) is 12.2 Å². The number of hydrogen-bond donors (Lipinski definition) is 1. The molecule has 0 aliphatic carbocycles. The molecule has 0 heterocycles. The number of rotatable bonds is 5. The van der Waals surface area contributed by atoms with E-state index in [1.165, 1.54) is 12.8 Å². The van der Waals surface area contributed by atoms with E-state index in [4.69, 9.17) is 0 Å². The van der Waals surface area contributed by atoms with Gasteiger partial charge in [0, 0.05) is 0 Å². The van der Waals surface area contributed by atoms with Gasteiger partial charge in [0.1, 0.15) is 0 Å². The minimum absolute atomic E-state index is 0.807. The number of allylic oxidation sites excluding steroid dienone is 2. The Labute approximate surface area is 64.5 Å². The molecular weight excluding hydrogens is 122 g/mol. The molecule has 0 aliphatic heterocycles. The van der Waals surface area contributed by atoms with Gasteiger partial charge < -0.3 is 5.32 Å². The van der Waals surface area contributed by atoms with E-state index in [0.717, 1.165) is 12.5 Å². The van der Waals surface area contributed by atoms with Gasteiger partial charge in [-0.3, -0.25) is 0 Å². The van der Waals surface area contributed by atoms with Crippen LogP contribution in [0.5, 0.6) is 0 Å². The molecule has 0 aliphatic rings. The maximum absolute atomic E-state index is 3.17. The minimum Gasteiger partial charge on any atom is -0.319 e. The Hall–Kier alpha value is -0.300. The fourth-order valence-corrected chi connectivity index (χ4v) is 0.998. The molecule has 10 heavy (non-hydrogen) atoms. The van der Waals surface area contributed by atoms with E-state index in [0.29, 0.717) is 0 Å². The lowest BCUT2D eigenvalue weighted by atomic mass is 10.1. The van der Waals surface area contributed by atoms with Gasteiger partial charge in [-0.05, 0) is 39.3 Å². The molecule has 1 heteroatoms. The van der Waals surface area contributed by atoms with Gasteiger partial charge in [0.15, 0.2) is 0 Å². The standard InChI is InChI=1S/C9H19N/c1-4-5-6-7-9(2)8-10-3/h4-5,9-10H,6-8H2,1-3H3/b5-4-/t9-/m1/s1. The maximum atomic E-state index is 3.17. The summed E-state index contributed by atoms with van der Waals surface area (Å²) < 4.78 is 0. The monoisotopic (exact) mass is 141 g/mol. The van der Waals surface area contributed by atoms with Gasteiger partial charge in [-0.1, -0.05) is 19.1 Å². The Morgan fingerprint density at radius 1 is 1.50 bits per heavy atom. The summed E-state index contributed by atoms with van der Waals surface area (Å²) >= 11 is 0. The first-order chi connectivity index (χ1) is 4.81. The molecule has 1 N–H and O–H groups in total. The average molecular weight is 141 g/mol. The third kappa shape index (κ3) is 5.83. The summed E-state index contributed by atoms with van der Waals surface area (Å²) in [4.78, 5) is 0. The highest BCUT2D eigenvalue weighted by Crippen LogP contribution is 2.03. The zero-order valence-electron chi connectivity index (χ0n) is 7.35. The second-order valence-electron chi connectivity index (χ2n) is 2.81. The zero-order valence-corrected chi connectivity index (χ0v) is 7.35. The quantitative estimate of drug-likeness (QED) is 0.579. The van der Waals surface area contributed by atoms with Crippen molar-refractivity contribution in [3.63, 3.8) is 0 Å². The highest BCUT2D eigenvalue weighted by Gasteiger charge is 1.96. The first-order valence-electron chi connectivity index (χ1n) is 4.07. The van der Waals surface area contributed by atoms with Crippen LogP contribution in [0.2, 0.25) is 0 Å². The van der Waals surface area contributed by atoms with Gasteiger partial charge in [-0.2, -0.15) is 0 Å². The molecular formula is C9H19N. The van der Waals surface area contributed by atoms with Gasteiger partial charge >= 0.3 is 0 Å². The molecule has 0 bridgehead atoms. The van der Waals surface area contributed by atoms with Crippen molar-refractivity contribution in [2.75, 3.05) is 13.6 Å². The molecule has 0 radical (unpaired) electrons. The molecule has 60 valence electrons. The first-order valence-corrected chi connectivity index (χ1v) is 4.07. The molecule has 0 amide bonds. The molecule has 0 rings (SSSR count). The highest BCUT2D eigenvalue weighted by atomic mass is 14.8. The lowest BCUT2D eigenvalue weighted by Crippen LogP contribution is -2.15. The van der Waals surface area contributed by atoms with E-state index in [1.807, 2.05) is 7.05 Å². The zero-order chi connectivity index (χ0) is 7.82. The SMILES string of the molecule is C/C=C\CC[C@@H](C)CNC. The third-order valence-electron chi connectivity index (χ3n) is 1.61. The van der Waals surface area contributed by atoms with Crippen LogP contribution in [0.25, 0.3) is 0 Å². The van der Waals surface area contributed by atoms with Crippen molar-refractivity contribution in [2.24, 2.45) is 5.92 Å². The molecule has 1 nitrogen and oxygen atoms in total. The Morgan fingerprint density at radius 3 is 2.70 bits per heavy atom. The fraction of sp³-hybridized carbons (Fsp3) is 0.778. The number of hydrogen-bond acceptors (Lipinski definition) is 1. The Balaban J connectivity index is 3.12. The normalized spacial score (nSPS) is 14.3. The Morgan fingerprint density at radius 2 is 2.20 bits per heavy atom. The average Bonchev–Trinajstić information content (AvgIpc) is 1.89. The second kappa shape index (κ2) is 6.81. The molecule has 1 atom stereocenters. The van der Waals surface area contributed by atoms with Crippen LogP contribution in [0.1, 0.15) is 26.7 Å². The maximum Gasteiger partial charge on any atom is -0.00260 e. The largest absolute Gasteiger partial charge is 0.319 e. The van der Waals surface area contributed by atoms with E-state index >= 15 is 0 Å². The molecule has 0 aromatic rings. The van der Waals surface area contributed by atoms with Crippen molar-refractivity contribution in [1.29, 1.82) is 0 Å². The van der Waals surface area contributed by atoms with Crippen molar-refractivity contribution < 1.29 is 0 Å². The summed E-state index contributed by atoms with van der Waals surface area (Å²) in [5, 5.41) is 3.17. The van der Waals surface area contributed by atoms with Crippen molar-refractivity contribution in [2.45, 2.75) is 26.7 Å². The van der Waals surface area contributed by atoms with Crippen molar-refractivity contribution in [3.8, 4) is 0 Å². The van der Waals surface area contributed by atoms with Gasteiger partial charge in [0.2, 0.25) is 0 Å². The second-order valence-corrected chi connectivity index (χ2v) is 2.81. The predicted octanol–water partition coefficient (Wildman–Crippen LogP) is 2.20. The van der Waals surface area contributed by atoms with Crippen LogP contribution in [0, 0.1) is 5.92 Å². The lowest BCUT2D eigenvalue weighted by molar-refractivity contribution is 0.509. The fourth-order valence-electron chi connectivity index (χ4n) is 0.998. The van der Waals surface area contributed by atoms with Gasteiger partial charge in [0.05, 0.1) is 0 Å². The molecule has 0 fully saturated rings. The molecule has 0 saturated heterocycles. The topological polar surface area (TPSA) is 12.0 Å². The summed E-state index contributed by atoms with van der Waals surface area (Å²) in [7, 11) is 2.01. The molecule has 0 unspecified atom stereocenters. The summed E-state index contributed by atoms with van der Waals surface area (Å²) in [5.41, 5.74) is 0. The molecule has 0 aromatic heterocycles. The first kappa shape index (κ1) is 9.70. The van der Waals surface area contributed by atoms with Crippen molar-refractivity contribution >= 4 is 0 Å². The Kier molecular flexibility index (Phi) is 6.61. The number of nitrogens with one attached hydrogen (secondary N) is 1. The van der Waals surface area contributed by atoms with Gasteiger partial charge in [0.25, 0.3) is 0 Å². The van der Waals surface area contributed by atoms with E-state index in [-0.39, 0.29) is 0 Å². The van der Waals surface area contributed by atoms with Crippen molar-refractivity contribution in [1.82, 2.24) is 5.32 Å². The van der Waals surface area contributed by atoms with E-state index in [2.05, 4.69) is 31.3 Å². The van der Waals surface area contributed by atoms with Crippen LogP contribution in [0.4, 0.5) is 0 Å². The summed E-state index contributed by atoms with van der Waals surface area (Å²) in [6.45, 7) is 5.49. The van der Waals surface area contributed by atoms with Crippen LogP contribution in [-0.2, 0) is 0 Å². The van der Waals surface area contributed by atoms with Crippen LogP contribution in [-0.4, -0.2) is 13.6 Å². The van der Waals surface area contributed by atoms with E-state index < -0.39 is 0 Å². The highest BCUT2D eigenvalue weighted by molar-refractivity contribution is 4.77. The molecule has 0 saturated carbocycles. The van der Waals surface area contributed by atoms with Crippen LogP contribution >= 0.6 is 0 Å². The lowest BCUT2D eigenvalue weighted by Gasteiger charge is -2.07. The van der Waals surface area contributed by atoms with E-state index in [1.54, 1.807) is 0 Å². The summed E-state index contributed by atoms with van der Waals surface area (Å²) in [5.74, 6) is 0.807.